The highest BCUT2D eigenvalue weighted by molar-refractivity contribution is 9.10. The predicted octanol–water partition coefficient (Wildman–Crippen LogP) is 3.41. The van der Waals surface area contributed by atoms with Crippen molar-refractivity contribution in [3.05, 3.63) is 34.9 Å². The second-order valence-corrected chi connectivity index (χ2v) is 6.65. The van der Waals surface area contributed by atoms with E-state index in [1.165, 1.54) is 0 Å². The summed E-state index contributed by atoms with van der Waals surface area (Å²) in [6, 6.07) is 7.16. The molecule has 0 bridgehead atoms. The van der Waals surface area contributed by atoms with Crippen LogP contribution < -0.4 is 5.32 Å². The van der Waals surface area contributed by atoms with Gasteiger partial charge in [-0.1, -0.05) is 42.3 Å². The molecule has 1 aromatic heterocycles. The number of aryl methyl sites for hydroxylation is 1. The number of fused-ring (bicyclic) bond motifs is 1. The van der Waals surface area contributed by atoms with Crippen LogP contribution in [0.1, 0.15) is 26.7 Å². The molecular weight excluding hydrogens is 360 g/mol. The number of aliphatic carboxylic acids is 1. The Bertz CT molecular complexity index is 711. The molecule has 2 aromatic rings. The molecule has 2 N–H and O–H groups in total. The molecule has 0 aliphatic rings. The Morgan fingerprint density at radius 1 is 1.35 bits per heavy atom. The van der Waals surface area contributed by atoms with Crippen molar-refractivity contribution in [2.75, 3.05) is 0 Å². The lowest BCUT2D eigenvalue weighted by Crippen LogP contribution is -2.45. The highest BCUT2D eigenvalue weighted by atomic mass is 79.9. The average molecular weight is 381 g/mol. The van der Waals surface area contributed by atoms with Gasteiger partial charge in [-0.2, -0.15) is 0 Å². The van der Waals surface area contributed by atoms with E-state index in [0.29, 0.717) is 13.0 Å². The molecule has 1 aromatic carbocycles. The molecular formula is C17H21BrN2O3. The fraction of sp³-hybridized carbons (Fsp3) is 0.412. The molecule has 0 saturated heterocycles. The van der Waals surface area contributed by atoms with E-state index in [9.17, 15) is 14.7 Å². The second kappa shape index (κ2) is 7.64. The Morgan fingerprint density at radius 2 is 2.09 bits per heavy atom. The first kappa shape index (κ1) is 17.5. The zero-order valence-electron chi connectivity index (χ0n) is 13.3. The number of rotatable bonds is 7. The van der Waals surface area contributed by atoms with Gasteiger partial charge in [0.15, 0.2) is 0 Å². The molecule has 0 radical (unpaired) electrons. The maximum absolute atomic E-state index is 12.1. The lowest BCUT2D eigenvalue weighted by atomic mass is 9.99. The number of hydrogen-bond donors (Lipinski definition) is 2. The monoisotopic (exact) mass is 380 g/mol. The van der Waals surface area contributed by atoms with Crippen LogP contribution in [0.15, 0.2) is 34.9 Å². The van der Waals surface area contributed by atoms with Gasteiger partial charge in [0.25, 0.3) is 0 Å². The van der Waals surface area contributed by atoms with E-state index in [1.807, 2.05) is 48.9 Å². The summed E-state index contributed by atoms with van der Waals surface area (Å²) in [4.78, 5) is 23.3. The number of amides is 1. The number of carboxylic acid groups (broad SMARTS) is 1. The molecule has 6 heteroatoms. The lowest BCUT2D eigenvalue weighted by Gasteiger charge is -2.20. The Labute approximate surface area is 143 Å². The first-order valence-electron chi connectivity index (χ1n) is 7.69. The largest absolute Gasteiger partial charge is 0.480 e. The summed E-state index contributed by atoms with van der Waals surface area (Å²) < 4.78 is 2.98. The van der Waals surface area contributed by atoms with Gasteiger partial charge in [0, 0.05) is 29.2 Å². The molecule has 2 rings (SSSR count). The summed E-state index contributed by atoms with van der Waals surface area (Å²) in [6.45, 7) is 4.26. The molecule has 0 fully saturated rings. The van der Waals surface area contributed by atoms with Gasteiger partial charge < -0.3 is 15.0 Å². The van der Waals surface area contributed by atoms with Crippen LogP contribution in [0.4, 0.5) is 0 Å². The minimum atomic E-state index is -0.983. The first-order chi connectivity index (χ1) is 10.9. The van der Waals surface area contributed by atoms with Crippen molar-refractivity contribution in [3.63, 3.8) is 0 Å². The van der Waals surface area contributed by atoms with E-state index in [2.05, 4.69) is 21.2 Å². The van der Waals surface area contributed by atoms with Gasteiger partial charge in [-0.15, -0.1) is 0 Å². The minimum absolute atomic E-state index is 0.0974. The van der Waals surface area contributed by atoms with E-state index >= 15 is 0 Å². The zero-order valence-corrected chi connectivity index (χ0v) is 14.8. The molecule has 124 valence electrons. The van der Waals surface area contributed by atoms with Crippen molar-refractivity contribution in [2.24, 2.45) is 5.92 Å². The van der Waals surface area contributed by atoms with Crippen molar-refractivity contribution in [2.45, 2.75) is 39.3 Å². The van der Waals surface area contributed by atoms with E-state index in [0.717, 1.165) is 15.4 Å². The molecule has 23 heavy (non-hydrogen) atoms. The fourth-order valence-corrected chi connectivity index (χ4v) is 2.85. The number of halogens is 1. The van der Waals surface area contributed by atoms with Gasteiger partial charge in [0.2, 0.25) is 5.91 Å². The Morgan fingerprint density at radius 3 is 2.74 bits per heavy atom. The highest BCUT2D eigenvalue weighted by Crippen LogP contribution is 2.21. The molecule has 1 heterocycles. The van der Waals surface area contributed by atoms with Gasteiger partial charge in [-0.05, 0) is 29.5 Å². The highest BCUT2D eigenvalue weighted by Gasteiger charge is 2.25. The maximum atomic E-state index is 12.1. The molecule has 0 aliphatic heterocycles. The molecule has 0 saturated carbocycles. The zero-order chi connectivity index (χ0) is 17.0. The number of nitrogens with one attached hydrogen (secondary N) is 1. The summed E-state index contributed by atoms with van der Waals surface area (Å²) in [5.74, 6) is -1.32. The quantitative estimate of drug-likeness (QED) is 0.772. The molecule has 0 spiro atoms. The Hall–Kier alpha value is -1.82. The smallest absolute Gasteiger partial charge is 0.326 e. The van der Waals surface area contributed by atoms with Crippen LogP contribution in [0.25, 0.3) is 10.9 Å². The third-order valence-electron chi connectivity index (χ3n) is 4.11. The van der Waals surface area contributed by atoms with Crippen molar-refractivity contribution in [3.8, 4) is 0 Å². The third kappa shape index (κ3) is 4.34. The Kier molecular flexibility index (Phi) is 5.82. The number of carboxylic acids is 1. The van der Waals surface area contributed by atoms with Crippen LogP contribution in [0, 0.1) is 5.92 Å². The van der Waals surface area contributed by atoms with Gasteiger partial charge in [0.1, 0.15) is 6.04 Å². The molecule has 2 unspecified atom stereocenters. The summed E-state index contributed by atoms with van der Waals surface area (Å²) >= 11 is 3.45. The lowest BCUT2D eigenvalue weighted by molar-refractivity contribution is -0.143. The predicted molar refractivity (Wildman–Crippen MR) is 93.3 cm³/mol. The van der Waals surface area contributed by atoms with E-state index < -0.39 is 12.0 Å². The standard InChI is InChI=1S/C17H21BrN2O3/c1-3-11(2)16(17(22)23)19-15(21)7-9-20-8-6-12-4-5-13(18)10-14(12)20/h4-6,8,10-11,16H,3,7,9H2,1-2H3,(H,19,21)(H,22,23). The van der Waals surface area contributed by atoms with Crippen molar-refractivity contribution in [1.29, 1.82) is 0 Å². The summed E-state index contributed by atoms with van der Waals surface area (Å²) in [5.41, 5.74) is 1.05. The summed E-state index contributed by atoms with van der Waals surface area (Å²) in [6.07, 6.45) is 2.89. The minimum Gasteiger partial charge on any atom is -0.480 e. The van der Waals surface area contributed by atoms with Crippen LogP contribution in [0.2, 0.25) is 0 Å². The Balaban J connectivity index is 2.00. The molecule has 1 amide bonds. The van der Waals surface area contributed by atoms with Gasteiger partial charge >= 0.3 is 5.97 Å². The van der Waals surface area contributed by atoms with E-state index in [4.69, 9.17) is 0 Å². The number of nitrogens with zero attached hydrogens (tertiary/aromatic N) is 1. The van der Waals surface area contributed by atoms with Crippen LogP contribution >= 0.6 is 15.9 Å². The number of benzene rings is 1. The fourth-order valence-electron chi connectivity index (χ4n) is 2.50. The molecule has 0 aliphatic carbocycles. The van der Waals surface area contributed by atoms with Crippen molar-refractivity contribution >= 4 is 38.7 Å². The van der Waals surface area contributed by atoms with Crippen LogP contribution in [0.3, 0.4) is 0 Å². The topological polar surface area (TPSA) is 71.3 Å². The number of aromatic nitrogens is 1. The number of carbonyl (C=O) groups is 2. The van der Waals surface area contributed by atoms with Crippen LogP contribution in [-0.4, -0.2) is 27.6 Å². The van der Waals surface area contributed by atoms with Gasteiger partial charge in [0.05, 0.1) is 0 Å². The SMILES string of the molecule is CCC(C)C(NC(=O)CCn1ccc2ccc(Br)cc21)C(=O)O. The number of hydrogen-bond acceptors (Lipinski definition) is 2. The van der Waals surface area contributed by atoms with Crippen LogP contribution in [-0.2, 0) is 16.1 Å². The van der Waals surface area contributed by atoms with Crippen molar-refractivity contribution in [1.82, 2.24) is 9.88 Å². The molecule has 5 nitrogen and oxygen atoms in total. The summed E-state index contributed by atoms with van der Waals surface area (Å²) in [7, 11) is 0. The van der Waals surface area contributed by atoms with E-state index in [-0.39, 0.29) is 18.2 Å². The molecule has 2 atom stereocenters. The third-order valence-corrected chi connectivity index (χ3v) is 4.60. The second-order valence-electron chi connectivity index (χ2n) is 5.73. The average Bonchev–Trinajstić information content (AvgIpc) is 2.91. The van der Waals surface area contributed by atoms with Crippen molar-refractivity contribution < 1.29 is 14.7 Å². The van der Waals surface area contributed by atoms with Crippen LogP contribution in [0.5, 0.6) is 0 Å². The van der Waals surface area contributed by atoms with Gasteiger partial charge in [-0.3, -0.25) is 4.79 Å². The first-order valence-corrected chi connectivity index (χ1v) is 8.48. The number of carbonyl (C=O) groups excluding carboxylic acids is 1. The maximum Gasteiger partial charge on any atom is 0.326 e. The van der Waals surface area contributed by atoms with Gasteiger partial charge in [-0.25, -0.2) is 4.79 Å². The normalized spacial score (nSPS) is 13.7. The summed E-state index contributed by atoms with van der Waals surface area (Å²) in [5, 5.41) is 13.0. The van der Waals surface area contributed by atoms with E-state index in [1.54, 1.807) is 0 Å².